The molecule has 6 heteroatoms. The second-order valence-corrected chi connectivity index (χ2v) is 6.08. The minimum absolute atomic E-state index is 0.0381. The quantitative estimate of drug-likeness (QED) is 0.791. The number of rotatable bonds is 3. The molecule has 6 nitrogen and oxygen atoms in total. The first kappa shape index (κ1) is 15.1. The second-order valence-electron chi connectivity index (χ2n) is 6.08. The van der Waals surface area contributed by atoms with Crippen molar-refractivity contribution in [2.24, 2.45) is 7.05 Å². The van der Waals surface area contributed by atoms with Gasteiger partial charge in [0, 0.05) is 32.5 Å². The molecule has 2 aromatic heterocycles. The Balaban J connectivity index is 1.77. The summed E-state index contributed by atoms with van der Waals surface area (Å²) >= 11 is 0. The monoisotopic (exact) mass is 324 g/mol. The fourth-order valence-electron chi connectivity index (χ4n) is 3.24. The van der Waals surface area contributed by atoms with Crippen LogP contribution >= 0.6 is 0 Å². The van der Waals surface area contributed by atoms with Gasteiger partial charge >= 0.3 is 0 Å². The van der Waals surface area contributed by atoms with E-state index in [1.165, 1.54) is 0 Å². The Morgan fingerprint density at radius 1 is 1.38 bits per heavy atom. The van der Waals surface area contributed by atoms with Crippen LogP contribution in [0.3, 0.4) is 0 Å². The number of aryl methyl sites for hydroxylation is 1. The summed E-state index contributed by atoms with van der Waals surface area (Å²) in [5.41, 5.74) is 1.50. The molecule has 0 saturated carbocycles. The van der Waals surface area contributed by atoms with Gasteiger partial charge in [0.25, 0.3) is 5.56 Å². The Hall–Kier alpha value is -2.44. The Morgan fingerprint density at radius 2 is 2.25 bits per heavy atom. The van der Waals surface area contributed by atoms with Gasteiger partial charge in [-0.05, 0) is 17.5 Å². The number of nitrogens with one attached hydrogen (secondary N) is 1. The van der Waals surface area contributed by atoms with E-state index < -0.39 is 0 Å². The lowest BCUT2D eigenvalue weighted by Gasteiger charge is -2.24. The summed E-state index contributed by atoms with van der Waals surface area (Å²) in [5, 5.41) is 4.35. The molecule has 3 heterocycles. The molecule has 24 heavy (non-hydrogen) atoms. The van der Waals surface area contributed by atoms with E-state index >= 15 is 0 Å². The average Bonchev–Trinajstić information content (AvgIpc) is 3.07. The summed E-state index contributed by atoms with van der Waals surface area (Å²) in [6.07, 6.45) is 3.73. The molecule has 0 spiro atoms. The van der Waals surface area contributed by atoms with E-state index in [1.807, 2.05) is 41.1 Å². The number of hydrogen-bond donors (Lipinski definition) is 1. The van der Waals surface area contributed by atoms with Gasteiger partial charge in [-0.3, -0.25) is 4.79 Å². The summed E-state index contributed by atoms with van der Waals surface area (Å²) in [7, 11) is 1.80. The first-order chi connectivity index (χ1) is 11.7. The molecule has 0 aliphatic carbocycles. The molecule has 4 rings (SSSR count). The zero-order valence-electron chi connectivity index (χ0n) is 13.6. The first-order valence-electron chi connectivity index (χ1n) is 8.16. The standard InChI is InChI=1S/C18H20N4O2/c1-21-16-5-3-2-4-13(16)10-15(18(21)23)17-20-6-8-22(17)12-14-11-19-7-9-24-14/h2-6,8,10,14,19H,7,9,11-12H2,1H3. The fourth-order valence-corrected chi connectivity index (χ4v) is 3.24. The summed E-state index contributed by atoms with van der Waals surface area (Å²) in [6.45, 7) is 3.09. The molecule has 0 radical (unpaired) electrons. The normalized spacial score (nSPS) is 18.1. The zero-order valence-corrected chi connectivity index (χ0v) is 13.6. The molecule has 0 bridgehead atoms. The molecular formula is C18H20N4O2. The van der Waals surface area contributed by atoms with Crippen molar-refractivity contribution >= 4 is 10.9 Å². The van der Waals surface area contributed by atoms with Gasteiger partial charge in [-0.25, -0.2) is 4.98 Å². The van der Waals surface area contributed by atoms with Crippen molar-refractivity contribution in [3.05, 3.63) is 53.1 Å². The van der Waals surface area contributed by atoms with Gasteiger partial charge in [0.05, 0.1) is 30.3 Å². The number of nitrogens with zero attached hydrogens (tertiary/aromatic N) is 3. The maximum atomic E-state index is 12.8. The number of benzene rings is 1. The van der Waals surface area contributed by atoms with Crippen molar-refractivity contribution < 1.29 is 4.74 Å². The molecule has 1 fully saturated rings. The van der Waals surface area contributed by atoms with E-state index in [-0.39, 0.29) is 11.7 Å². The Labute approximate surface area is 139 Å². The highest BCUT2D eigenvalue weighted by Crippen LogP contribution is 2.20. The second kappa shape index (κ2) is 6.22. The van der Waals surface area contributed by atoms with Crippen molar-refractivity contribution in [3.8, 4) is 11.4 Å². The van der Waals surface area contributed by atoms with E-state index in [1.54, 1.807) is 17.8 Å². The van der Waals surface area contributed by atoms with Crippen molar-refractivity contribution in [2.45, 2.75) is 12.6 Å². The largest absolute Gasteiger partial charge is 0.374 e. The Kier molecular flexibility index (Phi) is 3.92. The molecule has 3 aromatic rings. The number of para-hydroxylation sites is 1. The van der Waals surface area contributed by atoms with Gasteiger partial charge in [-0.15, -0.1) is 0 Å². The third-order valence-corrected chi connectivity index (χ3v) is 4.49. The van der Waals surface area contributed by atoms with Gasteiger partial charge in [-0.1, -0.05) is 18.2 Å². The number of ether oxygens (including phenoxy) is 1. The summed E-state index contributed by atoms with van der Waals surface area (Å²) in [6, 6.07) is 9.81. The molecule has 1 aliphatic heterocycles. The van der Waals surface area contributed by atoms with Crippen LogP contribution in [-0.4, -0.2) is 39.9 Å². The van der Waals surface area contributed by atoms with Crippen LogP contribution in [-0.2, 0) is 18.3 Å². The molecule has 1 unspecified atom stereocenters. The van der Waals surface area contributed by atoms with E-state index in [4.69, 9.17) is 4.74 Å². The number of aromatic nitrogens is 3. The van der Waals surface area contributed by atoms with Crippen LogP contribution in [0.2, 0.25) is 0 Å². The van der Waals surface area contributed by atoms with Gasteiger partial charge < -0.3 is 19.2 Å². The van der Waals surface area contributed by atoms with Crippen LogP contribution < -0.4 is 10.9 Å². The van der Waals surface area contributed by atoms with Gasteiger partial charge in [0.15, 0.2) is 0 Å². The van der Waals surface area contributed by atoms with Gasteiger partial charge in [-0.2, -0.15) is 0 Å². The van der Waals surface area contributed by atoms with Crippen LogP contribution in [0.4, 0.5) is 0 Å². The molecule has 1 atom stereocenters. The lowest BCUT2D eigenvalue weighted by molar-refractivity contribution is 0.0185. The van der Waals surface area contributed by atoms with Gasteiger partial charge in [0.2, 0.25) is 0 Å². The summed E-state index contributed by atoms with van der Waals surface area (Å²) in [4.78, 5) is 17.2. The molecular weight excluding hydrogens is 304 g/mol. The number of fused-ring (bicyclic) bond motifs is 1. The number of pyridine rings is 1. The molecule has 1 saturated heterocycles. The van der Waals surface area contributed by atoms with E-state index in [9.17, 15) is 4.79 Å². The maximum Gasteiger partial charge on any atom is 0.261 e. The van der Waals surface area contributed by atoms with E-state index in [0.717, 1.165) is 24.0 Å². The fraction of sp³-hybridized carbons (Fsp3) is 0.333. The molecule has 0 amide bonds. The van der Waals surface area contributed by atoms with Gasteiger partial charge in [0.1, 0.15) is 5.82 Å². The van der Waals surface area contributed by atoms with Crippen molar-refractivity contribution in [1.29, 1.82) is 0 Å². The molecule has 1 aliphatic rings. The SMILES string of the molecule is Cn1c(=O)c(-c2nccn2CC2CNCCO2)cc2ccccc21. The predicted octanol–water partition coefficient (Wildman–Crippen LogP) is 1.39. The lowest BCUT2D eigenvalue weighted by Crippen LogP contribution is -2.40. The van der Waals surface area contributed by atoms with E-state index in [2.05, 4.69) is 10.3 Å². The number of morpholine rings is 1. The molecule has 1 aromatic carbocycles. The summed E-state index contributed by atoms with van der Waals surface area (Å²) in [5.74, 6) is 0.690. The Morgan fingerprint density at radius 3 is 3.08 bits per heavy atom. The summed E-state index contributed by atoms with van der Waals surface area (Å²) < 4.78 is 9.46. The van der Waals surface area contributed by atoms with Crippen LogP contribution in [0.5, 0.6) is 0 Å². The highest BCUT2D eigenvalue weighted by atomic mass is 16.5. The van der Waals surface area contributed by atoms with Crippen molar-refractivity contribution in [2.75, 3.05) is 19.7 Å². The van der Waals surface area contributed by atoms with Crippen LogP contribution in [0.1, 0.15) is 0 Å². The minimum Gasteiger partial charge on any atom is -0.374 e. The van der Waals surface area contributed by atoms with Crippen LogP contribution in [0, 0.1) is 0 Å². The topological polar surface area (TPSA) is 61.1 Å². The van der Waals surface area contributed by atoms with E-state index in [0.29, 0.717) is 24.5 Å². The number of imidazole rings is 1. The van der Waals surface area contributed by atoms with Crippen LogP contribution in [0.25, 0.3) is 22.3 Å². The third-order valence-electron chi connectivity index (χ3n) is 4.49. The van der Waals surface area contributed by atoms with Crippen LogP contribution in [0.15, 0.2) is 47.5 Å². The number of hydrogen-bond acceptors (Lipinski definition) is 4. The molecule has 124 valence electrons. The predicted molar refractivity (Wildman–Crippen MR) is 93.0 cm³/mol. The smallest absolute Gasteiger partial charge is 0.261 e. The minimum atomic E-state index is -0.0381. The Bertz CT molecular complexity index is 922. The first-order valence-corrected chi connectivity index (χ1v) is 8.16. The van der Waals surface area contributed by atoms with Crippen molar-refractivity contribution in [3.63, 3.8) is 0 Å². The zero-order chi connectivity index (χ0) is 16.5. The third kappa shape index (κ3) is 2.64. The maximum absolute atomic E-state index is 12.8. The lowest BCUT2D eigenvalue weighted by atomic mass is 10.1. The molecule has 1 N–H and O–H groups in total. The van der Waals surface area contributed by atoms with Crippen molar-refractivity contribution in [1.82, 2.24) is 19.4 Å². The average molecular weight is 324 g/mol. The highest BCUT2D eigenvalue weighted by Gasteiger charge is 2.18. The highest BCUT2D eigenvalue weighted by molar-refractivity contribution is 5.83.